The summed E-state index contributed by atoms with van der Waals surface area (Å²) in [5.41, 5.74) is 5.90. The van der Waals surface area contributed by atoms with E-state index in [1.807, 2.05) is 24.8 Å². The van der Waals surface area contributed by atoms with Crippen LogP contribution in [0.4, 0.5) is 0 Å². The first kappa shape index (κ1) is 23.0. The largest absolute Gasteiger partial charge is 0.493 e. The Hall–Kier alpha value is -2.28. The van der Waals surface area contributed by atoms with Crippen LogP contribution >= 0.6 is 11.6 Å². The fourth-order valence-corrected chi connectivity index (χ4v) is 3.48. The number of benzene rings is 1. The van der Waals surface area contributed by atoms with Crippen LogP contribution in [-0.4, -0.2) is 42.3 Å². The van der Waals surface area contributed by atoms with Gasteiger partial charge in [-0.05, 0) is 56.4 Å². The van der Waals surface area contributed by atoms with Gasteiger partial charge < -0.3 is 9.64 Å². The molecule has 0 spiro atoms. The Morgan fingerprint density at radius 2 is 1.90 bits per heavy atom. The van der Waals surface area contributed by atoms with Crippen molar-refractivity contribution in [2.24, 2.45) is 5.92 Å². The summed E-state index contributed by atoms with van der Waals surface area (Å²) in [6, 6.07) is 5.39. The number of hydrogen-bond donors (Lipinski definition) is 2. The number of aryl methyl sites for hydroxylation is 1. The Morgan fingerprint density at radius 1 is 1.17 bits per heavy atom. The van der Waals surface area contributed by atoms with E-state index in [1.54, 1.807) is 12.1 Å². The Kier molecular flexibility index (Phi) is 9.25. The van der Waals surface area contributed by atoms with Gasteiger partial charge in [0.15, 0.2) is 0 Å². The van der Waals surface area contributed by atoms with Gasteiger partial charge in [-0.2, -0.15) is 0 Å². The number of piperidine rings is 1. The van der Waals surface area contributed by atoms with Crippen molar-refractivity contribution in [3.63, 3.8) is 0 Å². The van der Waals surface area contributed by atoms with Crippen molar-refractivity contribution >= 4 is 29.3 Å². The normalized spacial score (nSPS) is 14.4. The topological polar surface area (TPSA) is 87.7 Å². The third-order valence-electron chi connectivity index (χ3n) is 4.95. The maximum Gasteiger partial charge on any atom is 0.241 e. The summed E-state index contributed by atoms with van der Waals surface area (Å²) in [6.07, 6.45) is 3.39. The van der Waals surface area contributed by atoms with E-state index in [0.717, 1.165) is 17.7 Å². The summed E-state index contributed by atoms with van der Waals surface area (Å²) in [4.78, 5) is 37.8. The number of amides is 3. The molecule has 160 valence electrons. The lowest BCUT2D eigenvalue weighted by molar-refractivity contribution is -0.136. The summed E-state index contributed by atoms with van der Waals surface area (Å²) in [5, 5.41) is 0.656. The molecule has 0 bridgehead atoms. The van der Waals surface area contributed by atoms with E-state index >= 15 is 0 Å². The number of likely N-dealkylation sites (tertiary alicyclic amines) is 1. The molecule has 2 N–H and O–H groups in total. The molecule has 0 unspecified atom stereocenters. The molecule has 8 heteroatoms. The molecule has 3 amide bonds. The molecule has 1 fully saturated rings. The smallest absolute Gasteiger partial charge is 0.241 e. The highest BCUT2D eigenvalue weighted by molar-refractivity contribution is 6.30. The molecule has 2 rings (SSSR count). The van der Waals surface area contributed by atoms with Gasteiger partial charge in [-0.1, -0.05) is 18.5 Å². The van der Waals surface area contributed by atoms with Crippen LogP contribution < -0.4 is 15.6 Å². The van der Waals surface area contributed by atoms with Gasteiger partial charge in [0, 0.05) is 36.9 Å². The SMILES string of the molecule is CCCC(=O)N1CCC(C(=O)NNC(=O)CCCOc2ccc(Cl)cc2C)CC1. The second-order valence-corrected chi connectivity index (χ2v) is 7.74. The molecule has 0 aromatic heterocycles. The Balaban J connectivity index is 1.60. The second-order valence-electron chi connectivity index (χ2n) is 7.30. The van der Waals surface area contributed by atoms with Crippen LogP contribution in [0.2, 0.25) is 5.02 Å². The van der Waals surface area contributed by atoms with Crippen molar-refractivity contribution < 1.29 is 19.1 Å². The van der Waals surface area contributed by atoms with E-state index < -0.39 is 0 Å². The fraction of sp³-hybridized carbons (Fsp3) is 0.571. The molecule has 1 aliphatic rings. The lowest BCUT2D eigenvalue weighted by atomic mass is 9.96. The molecule has 0 saturated carbocycles. The van der Waals surface area contributed by atoms with Crippen LogP contribution in [0, 0.1) is 12.8 Å². The van der Waals surface area contributed by atoms with E-state index in [2.05, 4.69) is 10.9 Å². The highest BCUT2D eigenvalue weighted by atomic mass is 35.5. The fourth-order valence-electron chi connectivity index (χ4n) is 3.25. The molecule has 0 atom stereocenters. The predicted molar refractivity (Wildman–Crippen MR) is 111 cm³/mol. The number of hydrogen-bond acceptors (Lipinski definition) is 4. The summed E-state index contributed by atoms with van der Waals surface area (Å²) >= 11 is 5.91. The molecule has 1 saturated heterocycles. The third-order valence-corrected chi connectivity index (χ3v) is 5.19. The highest BCUT2D eigenvalue weighted by Crippen LogP contribution is 2.22. The minimum atomic E-state index is -0.259. The summed E-state index contributed by atoms with van der Waals surface area (Å²) in [5.74, 6) is 0.249. The molecule has 7 nitrogen and oxygen atoms in total. The van der Waals surface area contributed by atoms with E-state index in [1.165, 1.54) is 0 Å². The van der Waals surface area contributed by atoms with Crippen LogP contribution in [-0.2, 0) is 14.4 Å². The van der Waals surface area contributed by atoms with E-state index in [-0.39, 0.29) is 30.1 Å². The third kappa shape index (κ3) is 7.57. The highest BCUT2D eigenvalue weighted by Gasteiger charge is 2.27. The number of rotatable bonds is 8. The standard InChI is InChI=1S/C21H30ClN3O4/c1-3-5-20(27)25-11-9-16(10-12-25)21(28)24-23-19(26)6-4-13-29-18-8-7-17(22)14-15(18)2/h7-8,14,16H,3-6,9-13H2,1-2H3,(H,23,26)(H,24,28). The average Bonchev–Trinajstić information content (AvgIpc) is 2.71. The lowest BCUT2D eigenvalue weighted by Crippen LogP contribution is -2.48. The molecule has 1 aromatic rings. The monoisotopic (exact) mass is 423 g/mol. The van der Waals surface area contributed by atoms with Crippen LogP contribution in [0.25, 0.3) is 0 Å². The van der Waals surface area contributed by atoms with Gasteiger partial charge in [-0.25, -0.2) is 0 Å². The van der Waals surface area contributed by atoms with Crippen molar-refractivity contribution in [1.29, 1.82) is 0 Å². The predicted octanol–water partition coefficient (Wildman–Crippen LogP) is 2.99. The maximum absolute atomic E-state index is 12.2. The zero-order chi connectivity index (χ0) is 21.2. The van der Waals surface area contributed by atoms with Crippen molar-refractivity contribution in [2.75, 3.05) is 19.7 Å². The molecule has 1 aromatic carbocycles. The van der Waals surface area contributed by atoms with Crippen LogP contribution in [0.1, 0.15) is 51.0 Å². The first-order valence-corrected chi connectivity index (χ1v) is 10.5. The number of halogens is 1. The van der Waals surface area contributed by atoms with Crippen molar-refractivity contribution in [3.8, 4) is 5.75 Å². The maximum atomic E-state index is 12.2. The van der Waals surface area contributed by atoms with Crippen molar-refractivity contribution in [1.82, 2.24) is 15.8 Å². The summed E-state index contributed by atoms with van der Waals surface area (Å²) in [6.45, 7) is 5.46. The molecular formula is C21H30ClN3O4. The first-order chi connectivity index (χ1) is 13.9. The zero-order valence-electron chi connectivity index (χ0n) is 17.1. The molecule has 0 radical (unpaired) electrons. The molecule has 1 aliphatic heterocycles. The number of nitrogens with one attached hydrogen (secondary N) is 2. The Labute approximate surface area is 177 Å². The average molecular weight is 424 g/mol. The number of hydrazine groups is 1. The van der Waals surface area contributed by atoms with Gasteiger partial charge in [0.25, 0.3) is 0 Å². The molecule has 1 heterocycles. The van der Waals surface area contributed by atoms with Gasteiger partial charge in [-0.3, -0.25) is 25.2 Å². The first-order valence-electron chi connectivity index (χ1n) is 10.2. The minimum Gasteiger partial charge on any atom is -0.493 e. The lowest BCUT2D eigenvalue weighted by Gasteiger charge is -2.31. The number of ether oxygens (including phenoxy) is 1. The summed E-state index contributed by atoms with van der Waals surface area (Å²) in [7, 11) is 0. The second kappa shape index (κ2) is 11.7. The van der Waals surface area contributed by atoms with Crippen LogP contribution in [0.5, 0.6) is 5.75 Å². The van der Waals surface area contributed by atoms with Gasteiger partial charge in [0.2, 0.25) is 17.7 Å². The Morgan fingerprint density at radius 3 is 2.55 bits per heavy atom. The van der Waals surface area contributed by atoms with Gasteiger partial charge in [-0.15, -0.1) is 0 Å². The number of carbonyl (C=O) groups is 3. The molecule has 29 heavy (non-hydrogen) atoms. The van der Waals surface area contributed by atoms with Crippen LogP contribution in [0.3, 0.4) is 0 Å². The molecular weight excluding hydrogens is 394 g/mol. The number of nitrogens with zero attached hydrogens (tertiary/aromatic N) is 1. The van der Waals surface area contributed by atoms with Gasteiger partial charge >= 0.3 is 0 Å². The summed E-state index contributed by atoms with van der Waals surface area (Å²) < 4.78 is 5.65. The zero-order valence-corrected chi connectivity index (χ0v) is 17.9. The van der Waals surface area contributed by atoms with Crippen LogP contribution in [0.15, 0.2) is 18.2 Å². The van der Waals surface area contributed by atoms with Crippen molar-refractivity contribution in [2.45, 2.75) is 52.4 Å². The van der Waals surface area contributed by atoms with Gasteiger partial charge in [0.05, 0.1) is 6.61 Å². The van der Waals surface area contributed by atoms with E-state index in [0.29, 0.717) is 50.4 Å². The van der Waals surface area contributed by atoms with E-state index in [9.17, 15) is 14.4 Å². The minimum absolute atomic E-state index is 0.149. The quantitative estimate of drug-likeness (QED) is 0.497. The Bertz CT molecular complexity index is 718. The van der Waals surface area contributed by atoms with Crippen molar-refractivity contribution in [3.05, 3.63) is 28.8 Å². The number of carbonyl (C=O) groups excluding carboxylic acids is 3. The molecule has 0 aliphatic carbocycles. The van der Waals surface area contributed by atoms with E-state index in [4.69, 9.17) is 16.3 Å². The van der Waals surface area contributed by atoms with Gasteiger partial charge in [0.1, 0.15) is 5.75 Å².